The zero-order chi connectivity index (χ0) is 13.2. The Morgan fingerprint density at radius 1 is 1.39 bits per heavy atom. The van der Waals surface area contributed by atoms with Crippen molar-refractivity contribution in [2.24, 2.45) is 0 Å². The summed E-state index contributed by atoms with van der Waals surface area (Å²) >= 11 is 1.91. The van der Waals surface area contributed by atoms with Gasteiger partial charge in [-0.3, -0.25) is 0 Å². The number of hydrogen-bond acceptors (Lipinski definition) is 3. The average Bonchev–Trinajstić information content (AvgIpc) is 2.71. The Morgan fingerprint density at radius 2 is 2.17 bits per heavy atom. The van der Waals surface area contributed by atoms with E-state index in [1.807, 2.05) is 11.8 Å². The highest BCUT2D eigenvalue weighted by molar-refractivity contribution is 7.99. The molecule has 1 N–H and O–H groups in total. The van der Waals surface area contributed by atoms with Crippen LogP contribution in [-0.4, -0.2) is 31.1 Å². The molecule has 0 spiro atoms. The van der Waals surface area contributed by atoms with Crippen molar-refractivity contribution in [2.75, 3.05) is 31.3 Å². The van der Waals surface area contributed by atoms with Gasteiger partial charge in [0.2, 0.25) is 0 Å². The first-order chi connectivity index (χ1) is 8.52. The van der Waals surface area contributed by atoms with Gasteiger partial charge in [0.25, 0.3) is 0 Å². The summed E-state index contributed by atoms with van der Waals surface area (Å²) < 4.78 is 0.316. The van der Waals surface area contributed by atoms with E-state index >= 15 is 0 Å². The zero-order valence-electron chi connectivity index (χ0n) is 11.9. The van der Waals surface area contributed by atoms with E-state index in [9.17, 15) is 0 Å². The second kappa shape index (κ2) is 5.54. The molecule has 1 aromatic carbocycles. The zero-order valence-corrected chi connectivity index (χ0v) is 12.7. The van der Waals surface area contributed by atoms with E-state index in [0.717, 1.165) is 19.6 Å². The monoisotopic (exact) mass is 264 g/mol. The Hall–Kier alpha value is -0.670. The summed E-state index contributed by atoms with van der Waals surface area (Å²) in [6, 6.07) is 6.87. The Labute approximate surface area is 115 Å². The van der Waals surface area contributed by atoms with Crippen LogP contribution in [0, 0.1) is 0 Å². The third-order valence-corrected chi connectivity index (χ3v) is 4.95. The molecule has 0 aliphatic carbocycles. The molecular formula is C15H24N2S. The third kappa shape index (κ3) is 3.21. The van der Waals surface area contributed by atoms with Crippen molar-refractivity contribution in [1.82, 2.24) is 5.32 Å². The molecule has 1 aromatic rings. The average molecular weight is 264 g/mol. The van der Waals surface area contributed by atoms with Gasteiger partial charge in [0, 0.05) is 37.1 Å². The molecule has 1 aliphatic heterocycles. The molecule has 0 radical (unpaired) electrons. The molecule has 0 fully saturated rings. The summed E-state index contributed by atoms with van der Waals surface area (Å²) in [5.74, 6) is 0. The molecule has 0 atom stereocenters. The molecule has 0 amide bonds. The number of fused-ring (bicyclic) bond motifs is 1. The van der Waals surface area contributed by atoms with Crippen LogP contribution in [-0.2, 0) is 13.0 Å². The van der Waals surface area contributed by atoms with Gasteiger partial charge in [-0.1, -0.05) is 12.1 Å². The van der Waals surface area contributed by atoms with Crippen molar-refractivity contribution >= 4 is 17.4 Å². The molecule has 0 unspecified atom stereocenters. The molecule has 1 heterocycles. The molecule has 0 aromatic heterocycles. The van der Waals surface area contributed by atoms with Crippen molar-refractivity contribution in [1.29, 1.82) is 0 Å². The first-order valence-corrected chi connectivity index (χ1v) is 7.83. The summed E-state index contributed by atoms with van der Waals surface area (Å²) in [5, 5.41) is 3.56. The molecule has 100 valence electrons. The number of nitrogens with zero attached hydrogens (tertiary/aromatic N) is 1. The number of likely N-dealkylation sites (N-methyl/N-ethyl adjacent to an activating group) is 1. The van der Waals surface area contributed by atoms with E-state index in [2.05, 4.69) is 55.6 Å². The molecule has 1 aliphatic rings. The summed E-state index contributed by atoms with van der Waals surface area (Å²) in [7, 11) is 2.17. The maximum Gasteiger partial charge on any atom is 0.0397 e. The maximum absolute atomic E-state index is 3.56. The first kappa shape index (κ1) is 13.8. The minimum atomic E-state index is 0.316. The van der Waals surface area contributed by atoms with Crippen LogP contribution in [0.1, 0.15) is 25.0 Å². The lowest BCUT2D eigenvalue weighted by atomic mass is 10.1. The molecule has 18 heavy (non-hydrogen) atoms. The van der Waals surface area contributed by atoms with E-state index in [0.29, 0.717) is 4.75 Å². The van der Waals surface area contributed by atoms with Gasteiger partial charge >= 0.3 is 0 Å². The minimum Gasteiger partial charge on any atom is -0.374 e. The molecule has 0 saturated carbocycles. The largest absolute Gasteiger partial charge is 0.374 e. The Morgan fingerprint density at radius 3 is 2.89 bits per heavy atom. The summed E-state index contributed by atoms with van der Waals surface area (Å²) in [6.45, 7) is 7.74. The molecule has 0 saturated heterocycles. The highest BCUT2D eigenvalue weighted by atomic mass is 32.2. The van der Waals surface area contributed by atoms with E-state index in [-0.39, 0.29) is 0 Å². The minimum absolute atomic E-state index is 0.316. The lowest BCUT2D eigenvalue weighted by Crippen LogP contribution is -2.31. The van der Waals surface area contributed by atoms with Crippen LogP contribution >= 0.6 is 11.8 Å². The standard InChI is InChI=1S/C15H24N2S/c1-15(2,18-4)11-16-10-12-5-6-14-13(9-12)7-8-17(14)3/h5-6,9,16H,7-8,10-11H2,1-4H3. The van der Waals surface area contributed by atoms with E-state index in [1.165, 1.54) is 23.2 Å². The number of nitrogens with one attached hydrogen (secondary N) is 1. The van der Waals surface area contributed by atoms with Gasteiger partial charge in [-0.05, 0) is 43.7 Å². The van der Waals surface area contributed by atoms with Gasteiger partial charge in [-0.25, -0.2) is 0 Å². The van der Waals surface area contributed by atoms with Crippen LogP contribution in [0.4, 0.5) is 5.69 Å². The van der Waals surface area contributed by atoms with E-state index in [4.69, 9.17) is 0 Å². The second-order valence-electron chi connectivity index (χ2n) is 5.70. The van der Waals surface area contributed by atoms with Crippen LogP contribution in [0.5, 0.6) is 0 Å². The predicted octanol–water partition coefficient (Wildman–Crippen LogP) is 2.91. The van der Waals surface area contributed by atoms with Crippen molar-refractivity contribution in [3.05, 3.63) is 29.3 Å². The molecular weight excluding hydrogens is 240 g/mol. The summed E-state index contributed by atoms with van der Waals surface area (Å²) in [4.78, 5) is 2.34. The fraction of sp³-hybridized carbons (Fsp3) is 0.600. The number of benzene rings is 1. The smallest absolute Gasteiger partial charge is 0.0397 e. The SMILES string of the molecule is CSC(C)(C)CNCc1ccc2c(c1)CCN2C. The van der Waals surface area contributed by atoms with Crippen LogP contribution in [0.15, 0.2) is 18.2 Å². The Balaban J connectivity index is 1.92. The van der Waals surface area contributed by atoms with Crippen molar-refractivity contribution < 1.29 is 0 Å². The van der Waals surface area contributed by atoms with Crippen LogP contribution < -0.4 is 10.2 Å². The maximum atomic E-state index is 3.56. The highest BCUT2D eigenvalue weighted by Crippen LogP contribution is 2.27. The third-order valence-electron chi connectivity index (χ3n) is 3.70. The summed E-state index contributed by atoms with van der Waals surface area (Å²) in [6.07, 6.45) is 3.36. The number of thioether (sulfide) groups is 1. The van der Waals surface area contributed by atoms with Gasteiger partial charge in [-0.2, -0.15) is 11.8 Å². The van der Waals surface area contributed by atoms with Gasteiger partial charge in [0.05, 0.1) is 0 Å². The Kier molecular flexibility index (Phi) is 4.23. The topological polar surface area (TPSA) is 15.3 Å². The van der Waals surface area contributed by atoms with Crippen LogP contribution in [0.3, 0.4) is 0 Å². The predicted molar refractivity (Wildman–Crippen MR) is 82.7 cm³/mol. The second-order valence-corrected chi connectivity index (χ2v) is 7.22. The summed E-state index contributed by atoms with van der Waals surface area (Å²) in [5.41, 5.74) is 4.31. The van der Waals surface area contributed by atoms with E-state index in [1.54, 1.807) is 0 Å². The normalized spacial score (nSPS) is 15.0. The van der Waals surface area contributed by atoms with Crippen molar-refractivity contribution in [2.45, 2.75) is 31.6 Å². The fourth-order valence-electron chi connectivity index (χ4n) is 2.31. The van der Waals surface area contributed by atoms with Crippen LogP contribution in [0.25, 0.3) is 0 Å². The lowest BCUT2D eigenvalue weighted by Gasteiger charge is -2.22. The number of anilines is 1. The van der Waals surface area contributed by atoms with Gasteiger partial charge < -0.3 is 10.2 Å². The Bertz CT molecular complexity index is 415. The quantitative estimate of drug-likeness (QED) is 0.880. The fourth-order valence-corrected chi connectivity index (χ4v) is 2.56. The molecule has 2 nitrogen and oxygen atoms in total. The van der Waals surface area contributed by atoms with Crippen molar-refractivity contribution in [3.8, 4) is 0 Å². The first-order valence-electron chi connectivity index (χ1n) is 6.61. The van der Waals surface area contributed by atoms with Crippen LogP contribution in [0.2, 0.25) is 0 Å². The lowest BCUT2D eigenvalue weighted by molar-refractivity contribution is 0.591. The van der Waals surface area contributed by atoms with Gasteiger partial charge in [-0.15, -0.1) is 0 Å². The molecule has 2 rings (SSSR count). The van der Waals surface area contributed by atoms with E-state index < -0.39 is 0 Å². The van der Waals surface area contributed by atoms with Crippen molar-refractivity contribution in [3.63, 3.8) is 0 Å². The molecule has 0 bridgehead atoms. The van der Waals surface area contributed by atoms with Gasteiger partial charge in [0.1, 0.15) is 0 Å². The van der Waals surface area contributed by atoms with Gasteiger partial charge in [0.15, 0.2) is 0 Å². The molecule has 3 heteroatoms. The number of hydrogen-bond donors (Lipinski definition) is 1. The highest BCUT2D eigenvalue weighted by Gasteiger charge is 2.17. The number of rotatable bonds is 5.